The molecular weight excluding hydrogens is 284 g/mol. The van der Waals surface area contributed by atoms with E-state index in [9.17, 15) is 13.2 Å². The molecule has 0 spiro atoms. The molecule has 2 aromatic rings. The molecular formula is C13H12O6S. The summed E-state index contributed by atoms with van der Waals surface area (Å²) in [6.45, 7) is -0.0225. The van der Waals surface area contributed by atoms with E-state index in [-0.39, 0.29) is 17.3 Å². The number of carboxylic acids is 1. The van der Waals surface area contributed by atoms with Gasteiger partial charge < -0.3 is 14.3 Å². The average molecular weight is 296 g/mol. The number of aromatic carboxylic acids is 1. The van der Waals surface area contributed by atoms with E-state index in [0.717, 1.165) is 6.26 Å². The molecule has 1 aromatic carbocycles. The van der Waals surface area contributed by atoms with Gasteiger partial charge in [0, 0.05) is 11.8 Å². The fourth-order valence-corrected chi connectivity index (χ4v) is 2.25. The standard InChI is InChI=1S/C13H12O6S/c1-20(16,17)11-4-2-3-10(7-11)19-8-9-5-6-18-12(9)13(14)15/h2-7H,8H2,1H3,(H,14,15). The van der Waals surface area contributed by atoms with Crippen molar-refractivity contribution < 1.29 is 27.5 Å². The Balaban J connectivity index is 2.15. The van der Waals surface area contributed by atoms with E-state index in [4.69, 9.17) is 14.3 Å². The summed E-state index contributed by atoms with van der Waals surface area (Å²) in [7, 11) is -3.31. The third-order valence-corrected chi connectivity index (χ3v) is 3.68. The van der Waals surface area contributed by atoms with Crippen LogP contribution in [0.25, 0.3) is 0 Å². The molecule has 0 unspecified atom stereocenters. The molecule has 0 aliphatic carbocycles. The molecule has 2 rings (SSSR count). The van der Waals surface area contributed by atoms with Crippen LogP contribution in [0.1, 0.15) is 16.1 Å². The lowest BCUT2D eigenvalue weighted by Gasteiger charge is -2.06. The van der Waals surface area contributed by atoms with Crippen LogP contribution in [-0.4, -0.2) is 25.7 Å². The number of furan rings is 1. The van der Waals surface area contributed by atoms with Crippen molar-refractivity contribution >= 4 is 15.8 Å². The number of sulfone groups is 1. The van der Waals surface area contributed by atoms with Crippen molar-refractivity contribution in [2.24, 2.45) is 0 Å². The van der Waals surface area contributed by atoms with Crippen LogP contribution in [0.5, 0.6) is 5.75 Å². The summed E-state index contributed by atoms with van der Waals surface area (Å²) in [5.41, 5.74) is 0.377. The first-order valence-electron chi connectivity index (χ1n) is 5.60. The van der Waals surface area contributed by atoms with Crippen molar-refractivity contribution in [3.8, 4) is 5.75 Å². The molecule has 0 bridgehead atoms. The first-order valence-corrected chi connectivity index (χ1v) is 7.49. The maximum Gasteiger partial charge on any atom is 0.372 e. The van der Waals surface area contributed by atoms with Crippen LogP contribution in [0.4, 0.5) is 0 Å². The maximum atomic E-state index is 11.4. The predicted octanol–water partition coefficient (Wildman–Crippen LogP) is 1.96. The summed E-state index contributed by atoms with van der Waals surface area (Å²) in [5, 5.41) is 8.87. The maximum absolute atomic E-state index is 11.4. The quantitative estimate of drug-likeness (QED) is 0.906. The Labute approximate surface area is 115 Å². The molecule has 0 aliphatic rings. The number of benzene rings is 1. The lowest BCUT2D eigenvalue weighted by atomic mass is 10.2. The van der Waals surface area contributed by atoms with E-state index < -0.39 is 15.8 Å². The fraction of sp³-hybridized carbons (Fsp3) is 0.154. The largest absolute Gasteiger partial charge is 0.489 e. The lowest BCUT2D eigenvalue weighted by Crippen LogP contribution is -2.03. The summed E-state index contributed by atoms with van der Waals surface area (Å²) in [5.74, 6) is -1.03. The fourth-order valence-electron chi connectivity index (χ4n) is 1.59. The molecule has 0 atom stereocenters. The predicted molar refractivity (Wildman–Crippen MR) is 69.6 cm³/mol. The van der Waals surface area contributed by atoms with Gasteiger partial charge in [-0.05, 0) is 24.3 Å². The zero-order chi connectivity index (χ0) is 14.8. The Morgan fingerprint density at radius 1 is 1.35 bits per heavy atom. The SMILES string of the molecule is CS(=O)(=O)c1cccc(OCc2ccoc2C(=O)O)c1. The number of carboxylic acid groups (broad SMARTS) is 1. The summed E-state index contributed by atoms with van der Waals surface area (Å²) >= 11 is 0. The van der Waals surface area contributed by atoms with Crippen LogP contribution in [0.3, 0.4) is 0 Å². The topological polar surface area (TPSA) is 93.8 Å². The second-order valence-corrected chi connectivity index (χ2v) is 6.13. The molecule has 6 nitrogen and oxygen atoms in total. The molecule has 1 N–H and O–H groups in total. The first kappa shape index (κ1) is 14.1. The minimum Gasteiger partial charge on any atom is -0.489 e. The molecule has 0 saturated heterocycles. The monoisotopic (exact) mass is 296 g/mol. The van der Waals surface area contributed by atoms with Gasteiger partial charge in [-0.3, -0.25) is 0 Å². The van der Waals surface area contributed by atoms with Crippen LogP contribution in [0.2, 0.25) is 0 Å². The number of hydrogen-bond acceptors (Lipinski definition) is 5. The highest BCUT2D eigenvalue weighted by Gasteiger charge is 2.14. The second kappa shape index (κ2) is 5.38. The Morgan fingerprint density at radius 2 is 2.10 bits per heavy atom. The number of hydrogen-bond donors (Lipinski definition) is 1. The van der Waals surface area contributed by atoms with Crippen LogP contribution >= 0.6 is 0 Å². The van der Waals surface area contributed by atoms with Gasteiger partial charge >= 0.3 is 5.97 Å². The van der Waals surface area contributed by atoms with Crippen LogP contribution in [0.15, 0.2) is 45.9 Å². The smallest absolute Gasteiger partial charge is 0.372 e. The van der Waals surface area contributed by atoms with Crippen LogP contribution < -0.4 is 4.74 Å². The van der Waals surface area contributed by atoms with Crippen molar-refractivity contribution in [1.29, 1.82) is 0 Å². The molecule has 7 heteroatoms. The minimum absolute atomic E-state index is 0.0225. The molecule has 1 aromatic heterocycles. The van der Waals surface area contributed by atoms with Crippen molar-refractivity contribution in [3.05, 3.63) is 47.9 Å². The average Bonchev–Trinajstić information content (AvgIpc) is 2.84. The van der Waals surface area contributed by atoms with Crippen LogP contribution in [-0.2, 0) is 16.4 Å². The van der Waals surface area contributed by atoms with E-state index in [1.165, 1.54) is 24.5 Å². The summed E-state index contributed by atoms with van der Waals surface area (Å²) in [4.78, 5) is 11.0. The third-order valence-electron chi connectivity index (χ3n) is 2.57. The second-order valence-electron chi connectivity index (χ2n) is 4.12. The lowest BCUT2D eigenvalue weighted by molar-refractivity contribution is 0.0658. The highest BCUT2D eigenvalue weighted by molar-refractivity contribution is 7.90. The van der Waals surface area contributed by atoms with Crippen molar-refractivity contribution in [2.75, 3.05) is 6.26 Å². The Morgan fingerprint density at radius 3 is 2.75 bits per heavy atom. The highest BCUT2D eigenvalue weighted by Crippen LogP contribution is 2.20. The molecule has 0 fully saturated rings. The normalized spacial score (nSPS) is 11.2. The minimum atomic E-state index is -3.31. The third kappa shape index (κ3) is 3.18. The zero-order valence-electron chi connectivity index (χ0n) is 10.6. The van der Waals surface area contributed by atoms with E-state index in [2.05, 4.69) is 0 Å². The van der Waals surface area contributed by atoms with Crippen molar-refractivity contribution in [1.82, 2.24) is 0 Å². The number of ether oxygens (including phenoxy) is 1. The summed E-state index contributed by atoms with van der Waals surface area (Å²) in [6.07, 6.45) is 2.36. The van der Waals surface area contributed by atoms with E-state index >= 15 is 0 Å². The highest BCUT2D eigenvalue weighted by atomic mass is 32.2. The molecule has 0 radical (unpaired) electrons. The van der Waals surface area contributed by atoms with Crippen molar-refractivity contribution in [2.45, 2.75) is 11.5 Å². The van der Waals surface area contributed by atoms with E-state index in [1.807, 2.05) is 0 Å². The molecule has 1 heterocycles. The number of carbonyl (C=O) groups is 1. The number of rotatable bonds is 5. The molecule has 106 valence electrons. The van der Waals surface area contributed by atoms with Gasteiger partial charge in [-0.25, -0.2) is 13.2 Å². The van der Waals surface area contributed by atoms with Crippen LogP contribution in [0, 0.1) is 0 Å². The zero-order valence-corrected chi connectivity index (χ0v) is 11.4. The molecule has 20 heavy (non-hydrogen) atoms. The first-order chi connectivity index (χ1) is 9.38. The van der Waals surface area contributed by atoms with Gasteiger partial charge in [-0.2, -0.15) is 0 Å². The van der Waals surface area contributed by atoms with Gasteiger partial charge in [0.25, 0.3) is 0 Å². The van der Waals surface area contributed by atoms with Gasteiger partial charge in [0.2, 0.25) is 5.76 Å². The van der Waals surface area contributed by atoms with Gasteiger partial charge in [0.05, 0.1) is 11.2 Å². The van der Waals surface area contributed by atoms with E-state index in [0.29, 0.717) is 11.3 Å². The van der Waals surface area contributed by atoms with Gasteiger partial charge in [0.1, 0.15) is 12.4 Å². The van der Waals surface area contributed by atoms with Gasteiger partial charge in [0.15, 0.2) is 9.84 Å². The molecule has 0 amide bonds. The summed E-state index contributed by atoms with van der Waals surface area (Å²) in [6, 6.07) is 7.48. The summed E-state index contributed by atoms with van der Waals surface area (Å²) < 4.78 is 33.0. The Bertz CT molecular complexity index is 729. The molecule has 0 aliphatic heterocycles. The van der Waals surface area contributed by atoms with Crippen molar-refractivity contribution in [3.63, 3.8) is 0 Å². The Kier molecular flexibility index (Phi) is 3.80. The molecule has 0 saturated carbocycles. The van der Waals surface area contributed by atoms with E-state index in [1.54, 1.807) is 12.1 Å². The van der Waals surface area contributed by atoms with Gasteiger partial charge in [-0.15, -0.1) is 0 Å². The van der Waals surface area contributed by atoms with Gasteiger partial charge in [-0.1, -0.05) is 6.07 Å². The Hall–Kier alpha value is -2.28.